The van der Waals surface area contributed by atoms with E-state index in [2.05, 4.69) is 4.74 Å². The first-order chi connectivity index (χ1) is 17.1. The highest BCUT2D eigenvalue weighted by Gasteiger charge is 2.47. The Morgan fingerprint density at radius 1 is 1.03 bits per heavy atom. The van der Waals surface area contributed by atoms with Crippen molar-refractivity contribution in [2.24, 2.45) is 0 Å². The molecule has 1 fully saturated rings. The van der Waals surface area contributed by atoms with Crippen molar-refractivity contribution in [3.05, 3.63) is 94.5 Å². The van der Waals surface area contributed by atoms with E-state index in [1.165, 1.54) is 30.3 Å². The summed E-state index contributed by atoms with van der Waals surface area (Å²) in [5.41, 5.74) is 0.667. The second-order valence-corrected chi connectivity index (χ2v) is 8.11. The molecular weight excluding hydrogens is 499 g/mol. The summed E-state index contributed by atoms with van der Waals surface area (Å²) < 4.78 is 47.0. The van der Waals surface area contributed by atoms with Crippen LogP contribution in [0.3, 0.4) is 0 Å². The Morgan fingerprint density at radius 2 is 1.69 bits per heavy atom. The van der Waals surface area contributed by atoms with Gasteiger partial charge in [0, 0.05) is 11.3 Å². The van der Waals surface area contributed by atoms with Crippen molar-refractivity contribution < 1.29 is 37.3 Å². The van der Waals surface area contributed by atoms with Gasteiger partial charge in [-0.2, -0.15) is 0 Å². The lowest BCUT2D eigenvalue weighted by molar-refractivity contribution is -0.274. The average molecular weight is 518 g/mol. The quantitative estimate of drug-likeness (QED) is 0.237. The molecular formula is C26H19ClF3NO5. The molecule has 1 saturated heterocycles. The Bertz CT molecular complexity index is 1320. The lowest BCUT2D eigenvalue weighted by Gasteiger charge is -2.25. The predicted octanol–water partition coefficient (Wildman–Crippen LogP) is 6.26. The number of ether oxygens (including phenoxy) is 2. The number of anilines is 1. The molecule has 1 heterocycles. The number of carbonyl (C=O) groups excluding carboxylic acids is 2. The molecule has 10 heteroatoms. The second-order valence-electron chi connectivity index (χ2n) is 7.70. The highest BCUT2D eigenvalue weighted by molar-refractivity contribution is 6.51. The Balaban J connectivity index is 1.84. The van der Waals surface area contributed by atoms with Crippen LogP contribution in [0.15, 0.2) is 78.4 Å². The summed E-state index contributed by atoms with van der Waals surface area (Å²) in [6, 6.07) is 16.4. The Kier molecular flexibility index (Phi) is 6.94. The first-order valence-electron chi connectivity index (χ1n) is 10.7. The monoisotopic (exact) mass is 517 g/mol. The van der Waals surface area contributed by atoms with Gasteiger partial charge in [0.25, 0.3) is 11.7 Å². The van der Waals surface area contributed by atoms with Gasteiger partial charge in [-0.1, -0.05) is 41.9 Å². The smallest absolute Gasteiger partial charge is 0.507 e. The minimum absolute atomic E-state index is 0.144. The minimum atomic E-state index is -4.88. The molecule has 36 heavy (non-hydrogen) atoms. The van der Waals surface area contributed by atoms with Crippen molar-refractivity contribution in [2.45, 2.75) is 19.3 Å². The highest BCUT2D eigenvalue weighted by Crippen LogP contribution is 2.43. The predicted molar refractivity (Wildman–Crippen MR) is 127 cm³/mol. The summed E-state index contributed by atoms with van der Waals surface area (Å²) in [4.78, 5) is 27.5. The molecule has 0 saturated carbocycles. The van der Waals surface area contributed by atoms with Crippen LogP contribution in [-0.4, -0.2) is 29.8 Å². The summed E-state index contributed by atoms with van der Waals surface area (Å²) in [5, 5.41) is 11.5. The number of ketones is 1. The summed E-state index contributed by atoms with van der Waals surface area (Å²) in [7, 11) is 0. The lowest BCUT2D eigenvalue weighted by atomic mass is 9.95. The van der Waals surface area contributed by atoms with Crippen LogP contribution in [0.25, 0.3) is 5.76 Å². The molecule has 0 spiro atoms. The largest absolute Gasteiger partial charge is 0.573 e. The van der Waals surface area contributed by atoms with Crippen LogP contribution in [0.1, 0.15) is 24.1 Å². The zero-order chi connectivity index (χ0) is 26.0. The van der Waals surface area contributed by atoms with Gasteiger partial charge in [-0.05, 0) is 55.0 Å². The van der Waals surface area contributed by atoms with Gasteiger partial charge in [0.05, 0.1) is 23.2 Å². The van der Waals surface area contributed by atoms with E-state index in [0.29, 0.717) is 17.2 Å². The molecule has 0 aromatic heterocycles. The number of nitrogens with zero attached hydrogens (tertiary/aromatic N) is 1. The molecule has 4 rings (SSSR count). The van der Waals surface area contributed by atoms with E-state index >= 15 is 0 Å². The van der Waals surface area contributed by atoms with E-state index in [-0.39, 0.29) is 22.6 Å². The molecule has 186 valence electrons. The van der Waals surface area contributed by atoms with E-state index in [1.54, 1.807) is 37.3 Å². The zero-order valence-electron chi connectivity index (χ0n) is 18.8. The first-order valence-corrected chi connectivity index (χ1v) is 11.1. The average Bonchev–Trinajstić information content (AvgIpc) is 3.11. The molecule has 1 unspecified atom stereocenters. The molecule has 1 N–H and O–H groups in total. The van der Waals surface area contributed by atoms with E-state index < -0.39 is 35.6 Å². The summed E-state index contributed by atoms with van der Waals surface area (Å²) >= 11 is 6.14. The van der Waals surface area contributed by atoms with Gasteiger partial charge >= 0.3 is 6.36 Å². The normalized spacial score (nSPS) is 17.4. The summed E-state index contributed by atoms with van der Waals surface area (Å²) in [6.07, 6.45) is -4.88. The molecule has 1 amide bonds. The number of aliphatic hydroxyl groups is 1. The van der Waals surface area contributed by atoms with Crippen LogP contribution < -0.4 is 14.4 Å². The van der Waals surface area contributed by atoms with E-state index in [4.69, 9.17) is 16.3 Å². The number of hydrogen-bond acceptors (Lipinski definition) is 5. The van der Waals surface area contributed by atoms with Crippen molar-refractivity contribution in [1.29, 1.82) is 0 Å². The van der Waals surface area contributed by atoms with Crippen molar-refractivity contribution in [3.8, 4) is 11.5 Å². The van der Waals surface area contributed by atoms with Crippen LogP contribution in [0.2, 0.25) is 5.02 Å². The van der Waals surface area contributed by atoms with Crippen LogP contribution >= 0.6 is 11.6 Å². The number of alkyl halides is 3. The van der Waals surface area contributed by atoms with E-state index in [0.717, 1.165) is 17.0 Å². The SMILES string of the molecule is CCOc1cc(/C(O)=C2/C(=O)C(=O)N(c3ccc(OC(F)(F)F)cc3)C2c2ccccc2)ccc1Cl. The van der Waals surface area contributed by atoms with E-state index in [9.17, 15) is 27.9 Å². The van der Waals surface area contributed by atoms with Crippen molar-refractivity contribution >= 4 is 34.7 Å². The molecule has 1 aliphatic rings. The van der Waals surface area contributed by atoms with Crippen LogP contribution in [0.5, 0.6) is 11.5 Å². The van der Waals surface area contributed by atoms with Crippen LogP contribution in [0.4, 0.5) is 18.9 Å². The topological polar surface area (TPSA) is 76.1 Å². The number of hydrogen-bond donors (Lipinski definition) is 1. The maximum atomic E-state index is 13.2. The molecule has 1 atom stereocenters. The number of rotatable bonds is 6. The lowest BCUT2D eigenvalue weighted by Crippen LogP contribution is -2.29. The molecule has 0 aliphatic carbocycles. The standard InChI is InChI=1S/C26H19ClF3NO5/c1-2-35-20-14-16(8-13-19(20)27)23(32)21-22(15-6-4-3-5-7-15)31(25(34)24(21)33)17-9-11-18(12-10-17)36-26(28,29)30/h3-14,22,32H,2H2,1H3/b23-21-. The number of aliphatic hydroxyl groups excluding tert-OH is 1. The Labute approximate surface area is 209 Å². The number of Topliss-reactive ketones (excluding diaryl/α,β-unsaturated/α-hetero) is 1. The van der Waals surface area contributed by atoms with Crippen LogP contribution in [-0.2, 0) is 9.59 Å². The van der Waals surface area contributed by atoms with Gasteiger partial charge in [-0.15, -0.1) is 13.2 Å². The fraction of sp³-hybridized carbons (Fsp3) is 0.154. The maximum Gasteiger partial charge on any atom is 0.573 e. The fourth-order valence-corrected chi connectivity index (χ4v) is 4.10. The number of carbonyl (C=O) groups is 2. The van der Waals surface area contributed by atoms with Crippen molar-refractivity contribution in [2.75, 3.05) is 11.5 Å². The zero-order valence-corrected chi connectivity index (χ0v) is 19.5. The third kappa shape index (κ3) is 5.01. The molecule has 6 nitrogen and oxygen atoms in total. The summed E-state index contributed by atoms with van der Waals surface area (Å²) in [5.74, 6) is -2.55. The van der Waals surface area contributed by atoms with Gasteiger partial charge < -0.3 is 14.6 Å². The van der Waals surface area contributed by atoms with Crippen LogP contribution in [0, 0.1) is 0 Å². The molecule has 0 bridgehead atoms. The third-order valence-electron chi connectivity index (χ3n) is 5.41. The van der Waals surface area contributed by atoms with Crippen molar-refractivity contribution in [3.63, 3.8) is 0 Å². The van der Waals surface area contributed by atoms with Gasteiger partial charge in [0.1, 0.15) is 17.3 Å². The fourth-order valence-electron chi connectivity index (χ4n) is 3.93. The molecule has 0 radical (unpaired) electrons. The third-order valence-corrected chi connectivity index (χ3v) is 5.72. The number of amides is 1. The molecule has 3 aromatic rings. The first kappa shape index (κ1) is 25.1. The van der Waals surface area contributed by atoms with Gasteiger partial charge in [-0.25, -0.2) is 0 Å². The molecule has 1 aliphatic heterocycles. The Hall–Kier alpha value is -3.98. The summed E-state index contributed by atoms with van der Waals surface area (Å²) in [6.45, 7) is 2.07. The Morgan fingerprint density at radius 3 is 2.31 bits per heavy atom. The number of halogens is 4. The second kappa shape index (κ2) is 9.94. The number of benzene rings is 3. The maximum absolute atomic E-state index is 13.2. The van der Waals surface area contributed by atoms with Gasteiger partial charge in [0.2, 0.25) is 0 Å². The van der Waals surface area contributed by atoms with Gasteiger partial charge in [0.15, 0.2) is 0 Å². The molecule has 3 aromatic carbocycles. The minimum Gasteiger partial charge on any atom is -0.507 e. The van der Waals surface area contributed by atoms with E-state index in [1.807, 2.05) is 0 Å². The van der Waals surface area contributed by atoms with Gasteiger partial charge in [-0.3, -0.25) is 14.5 Å². The van der Waals surface area contributed by atoms with Crippen molar-refractivity contribution in [1.82, 2.24) is 0 Å². The highest BCUT2D eigenvalue weighted by atomic mass is 35.5.